The zero-order chi connectivity index (χ0) is 27.5. The smallest absolute Gasteiger partial charge is 0.261 e. The Morgan fingerprint density at radius 3 is 2.21 bits per heavy atom. The summed E-state index contributed by atoms with van der Waals surface area (Å²) in [5, 5.41) is 2.75. The minimum atomic E-state index is -3.89. The van der Waals surface area contributed by atoms with Crippen LogP contribution in [0.1, 0.15) is 35.2 Å². The summed E-state index contributed by atoms with van der Waals surface area (Å²) in [5.74, 6) is -0.475. The predicted octanol–water partition coefficient (Wildman–Crippen LogP) is 4.88. The number of halogens is 1. The van der Waals surface area contributed by atoms with Gasteiger partial charge in [-0.15, -0.1) is 0 Å². The standard InChI is InChI=1S/C26H28ClN3O6S2/c1-18-6-10-21(11-7-18)37(32,33)29-20-8-12-23(27)22(16-20)26(31)28-19-9-13-24(36-2)25(17-19)38(34,35)30-14-4-3-5-15-30/h6-13,16-17,29H,3-5,14-15H2,1-2H3,(H,28,31). The molecular formula is C26H28ClN3O6S2. The van der Waals surface area contributed by atoms with E-state index in [0.717, 1.165) is 24.8 Å². The number of hydrogen-bond donors (Lipinski definition) is 2. The molecule has 4 rings (SSSR count). The molecule has 0 aromatic heterocycles. The third-order valence-corrected chi connectivity index (χ3v) is 9.80. The summed E-state index contributed by atoms with van der Waals surface area (Å²) in [6.45, 7) is 2.69. The number of amides is 1. The molecule has 1 saturated heterocycles. The van der Waals surface area contributed by atoms with Crippen molar-refractivity contribution in [2.24, 2.45) is 0 Å². The van der Waals surface area contributed by atoms with Crippen molar-refractivity contribution in [3.63, 3.8) is 0 Å². The fourth-order valence-corrected chi connectivity index (χ4v) is 7.04. The van der Waals surface area contributed by atoms with Crippen LogP contribution in [-0.2, 0) is 20.0 Å². The van der Waals surface area contributed by atoms with Crippen LogP contribution in [0.4, 0.5) is 11.4 Å². The van der Waals surface area contributed by atoms with E-state index in [0.29, 0.717) is 13.1 Å². The van der Waals surface area contributed by atoms with Crippen molar-refractivity contribution in [2.75, 3.05) is 30.2 Å². The van der Waals surface area contributed by atoms with E-state index in [-0.39, 0.29) is 37.5 Å². The lowest BCUT2D eigenvalue weighted by atomic mass is 10.2. The number of piperidine rings is 1. The van der Waals surface area contributed by atoms with Gasteiger partial charge in [-0.25, -0.2) is 16.8 Å². The maximum atomic E-state index is 13.3. The van der Waals surface area contributed by atoms with Gasteiger partial charge in [0, 0.05) is 24.5 Å². The number of carbonyl (C=O) groups is 1. The Hall–Kier alpha value is -3.12. The van der Waals surface area contributed by atoms with Gasteiger partial charge in [-0.2, -0.15) is 4.31 Å². The molecule has 0 radical (unpaired) electrons. The highest BCUT2D eigenvalue weighted by molar-refractivity contribution is 7.92. The van der Waals surface area contributed by atoms with Crippen molar-refractivity contribution in [3.05, 3.63) is 76.8 Å². The zero-order valence-corrected chi connectivity index (χ0v) is 23.3. The minimum Gasteiger partial charge on any atom is -0.495 e. The Morgan fingerprint density at radius 2 is 1.55 bits per heavy atom. The SMILES string of the molecule is COc1ccc(NC(=O)c2cc(NS(=O)(=O)c3ccc(C)cc3)ccc2Cl)cc1S(=O)(=O)N1CCCCC1. The summed E-state index contributed by atoms with van der Waals surface area (Å²) in [5.41, 5.74) is 1.28. The molecule has 1 fully saturated rings. The van der Waals surface area contributed by atoms with Crippen molar-refractivity contribution in [3.8, 4) is 5.75 Å². The molecule has 1 aliphatic rings. The topological polar surface area (TPSA) is 122 Å². The average molecular weight is 578 g/mol. The number of methoxy groups -OCH3 is 1. The van der Waals surface area contributed by atoms with Crippen LogP contribution in [0.2, 0.25) is 5.02 Å². The molecule has 38 heavy (non-hydrogen) atoms. The highest BCUT2D eigenvalue weighted by Gasteiger charge is 2.29. The summed E-state index contributed by atoms with van der Waals surface area (Å²) >= 11 is 6.26. The summed E-state index contributed by atoms with van der Waals surface area (Å²) in [4.78, 5) is 13.1. The number of carbonyl (C=O) groups excluding carboxylic acids is 1. The van der Waals surface area contributed by atoms with Gasteiger partial charge in [0.15, 0.2) is 0 Å². The van der Waals surface area contributed by atoms with Gasteiger partial charge in [-0.3, -0.25) is 9.52 Å². The quantitative estimate of drug-likeness (QED) is 0.393. The molecular weight excluding hydrogens is 550 g/mol. The second kappa shape index (κ2) is 11.3. The Balaban J connectivity index is 1.58. The van der Waals surface area contributed by atoms with Gasteiger partial charge in [0.05, 0.1) is 22.6 Å². The molecule has 1 heterocycles. The third kappa shape index (κ3) is 6.12. The van der Waals surface area contributed by atoms with E-state index in [1.54, 1.807) is 12.1 Å². The predicted molar refractivity (Wildman–Crippen MR) is 147 cm³/mol. The Labute approximate surface area is 227 Å². The highest BCUT2D eigenvalue weighted by atomic mass is 35.5. The van der Waals surface area contributed by atoms with E-state index < -0.39 is 26.0 Å². The molecule has 2 N–H and O–H groups in total. The number of nitrogens with zero attached hydrogens (tertiary/aromatic N) is 1. The van der Waals surface area contributed by atoms with Crippen LogP contribution < -0.4 is 14.8 Å². The molecule has 0 spiro atoms. The molecule has 1 amide bonds. The molecule has 0 atom stereocenters. The molecule has 0 saturated carbocycles. The fraction of sp³-hybridized carbons (Fsp3) is 0.269. The van der Waals surface area contributed by atoms with Gasteiger partial charge < -0.3 is 10.1 Å². The molecule has 202 valence electrons. The summed E-state index contributed by atoms with van der Waals surface area (Å²) < 4.78 is 61.3. The van der Waals surface area contributed by atoms with E-state index >= 15 is 0 Å². The number of benzene rings is 3. The zero-order valence-electron chi connectivity index (χ0n) is 20.9. The van der Waals surface area contributed by atoms with E-state index in [9.17, 15) is 21.6 Å². The highest BCUT2D eigenvalue weighted by Crippen LogP contribution is 2.32. The third-order valence-electron chi connectivity index (χ3n) is 6.15. The van der Waals surface area contributed by atoms with E-state index in [1.807, 2.05) is 6.92 Å². The summed E-state index contributed by atoms with van der Waals surface area (Å²) in [7, 11) is -6.35. The lowest BCUT2D eigenvalue weighted by Gasteiger charge is -2.26. The monoisotopic (exact) mass is 577 g/mol. The van der Waals surface area contributed by atoms with Crippen molar-refractivity contribution in [1.82, 2.24) is 4.31 Å². The normalized spacial score (nSPS) is 14.6. The van der Waals surface area contributed by atoms with Crippen LogP contribution in [0.25, 0.3) is 0 Å². The van der Waals surface area contributed by atoms with Crippen LogP contribution in [0.5, 0.6) is 5.75 Å². The van der Waals surface area contributed by atoms with Crippen molar-refractivity contribution in [1.29, 1.82) is 0 Å². The number of rotatable bonds is 8. The van der Waals surface area contributed by atoms with Gasteiger partial charge in [0.1, 0.15) is 10.6 Å². The first kappa shape index (κ1) is 27.9. The lowest BCUT2D eigenvalue weighted by molar-refractivity contribution is 0.102. The second-order valence-corrected chi connectivity index (χ2v) is 12.9. The minimum absolute atomic E-state index is 0.00651. The van der Waals surface area contributed by atoms with Gasteiger partial charge >= 0.3 is 0 Å². The summed E-state index contributed by atoms with van der Waals surface area (Å²) in [6.07, 6.45) is 2.53. The van der Waals surface area contributed by atoms with Crippen LogP contribution in [0, 0.1) is 6.92 Å². The molecule has 0 aliphatic carbocycles. The van der Waals surface area contributed by atoms with Crippen LogP contribution >= 0.6 is 11.6 Å². The first-order chi connectivity index (χ1) is 18.0. The number of nitrogens with one attached hydrogen (secondary N) is 2. The summed E-state index contributed by atoms with van der Waals surface area (Å²) in [6, 6.07) is 14.8. The van der Waals surface area contributed by atoms with Gasteiger partial charge in [0.25, 0.3) is 15.9 Å². The largest absolute Gasteiger partial charge is 0.495 e. The van der Waals surface area contributed by atoms with E-state index in [4.69, 9.17) is 16.3 Å². The molecule has 3 aromatic carbocycles. The molecule has 1 aliphatic heterocycles. The maximum Gasteiger partial charge on any atom is 0.261 e. The Morgan fingerprint density at radius 1 is 0.895 bits per heavy atom. The number of sulfonamides is 2. The van der Waals surface area contributed by atoms with Gasteiger partial charge in [0.2, 0.25) is 10.0 Å². The van der Waals surface area contributed by atoms with Crippen LogP contribution in [0.15, 0.2) is 70.5 Å². The first-order valence-electron chi connectivity index (χ1n) is 11.9. The average Bonchev–Trinajstić information content (AvgIpc) is 2.90. The molecule has 0 bridgehead atoms. The van der Waals surface area contributed by atoms with Crippen LogP contribution in [0.3, 0.4) is 0 Å². The molecule has 9 nitrogen and oxygen atoms in total. The van der Waals surface area contributed by atoms with Gasteiger partial charge in [-0.05, 0) is 68.3 Å². The molecule has 12 heteroatoms. The maximum absolute atomic E-state index is 13.3. The lowest BCUT2D eigenvalue weighted by Crippen LogP contribution is -2.35. The second-order valence-electron chi connectivity index (χ2n) is 8.90. The molecule has 0 unspecified atom stereocenters. The van der Waals surface area contributed by atoms with Gasteiger partial charge in [-0.1, -0.05) is 35.7 Å². The number of hydrogen-bond acceptors (Lipinski definition) is 6. The van der Waals surface area contributed by atoms with Crippen molar-refractivity contribution < 1.29 is 26.4 Å². The first-order valence-corrected chi connectivity index (χ1v) is 15.2. The number of anilines is 2. The Kier molecular flexibility index (Phi) is 8.31. The van der Waals surface area contributed by atoms with Crippen LogP contribution in [-0.4, -0.2) is 47.2 Å². The fourth-order valence-electron chi connectivity index (χ4n) is 4.09. The number of ether oxygens (including phenoxy) is 1. The van der Waals surface area contributed by atoms with E-state index in [2.05, 4.69) is 10.0 Å². The van der Waals surface area contributed by atoms with Crippen molar-refractivity contribution in [2.45, 2.75) is 36.0 Å². The Bertz CT molecular complexity index is 1550. The number of aryl methyl sites for hydroxylation is 1. The van der Waals surface area contributed by atoms with Crippen molar-refractivity contribution >= 4 is 48.9 Å². The van der Waals surface area contributed by atoms with E-state index in [1.165, 1.54) is 59.9 Å². The molecule has 3 aromatic rings.